The minimum atomic E-state index is -0.193. The monoisotopic (exact) mass is 279 g/mol. The third-order valence-electron chi connectivity index (χ3n) is 3.20. The Hall–Kier alpha value is -1.94. The van der Waals surface area contributed by atoms with Crippen molar-refractivity contribution >= 4 is 22.5 Å². The molecule has 1 saturated carbocycles. The highest BCUT2D eigenvalue weighted by Gasteiger charge is 2.36. The molecule has 105 valence electrons. The quantitative estimate of drug-likeness (QED) is 0.936. The summed E-state index contributed by atoms with van der Waals surface area (Å²) in [7, 11) is 0. The van der Waals surface area contributed by atoms with Crippen molar-refractivity contribution in [2.45, 2.75) is 6.92 Å². The first-order valence-corrected chi connectivity index (χ1v) is 6.83. The van der Waals surface area contributed by atoms with E-state index in [1.165, 1.54) is 0 Å². The summed E-state index contributed by atoms with van der Waals surface area (Å²) in [6.45, 7) is 2.42. The van der Waals surface area contributed by atoms with Gasteiger partial charge in [0.05, 0.1) is 11.2 Å². The van der Waals surface area contributed by atoms with E-state index >= 15 is 0 Å². The van der Waals surface area contributed by atoms with Crippen LogP contribution in [0.1, 0.15) is 6.92 Å². The Morgan fingerprint density at radius 3 is 2.95 bits per heavy atom. The number of hydrogen-bond acceptors (Lipinski definition) is 3. The number of rotatable bonds is 4. The van der Waals surface area contributed by atoms with Crippen LogP contribution in [-0.2, 0) is 9.53 Å². The number of nitrogens with one attached hydrogen (secondary N) is 1. The Balaban J connectivity index is 1.80. The lowest BCUT2D eigenvalue weighted by molar-refractivity contribution is -0.114. The van der Waals surface area contributed by atoms with Gasteiger partial charge in [0, 0.05) is 24.6 Å². The fourth-order valence-electron chi connectivity index (χ4n) is 2.27. The Labute approximate surface area is 124 Å². The smallest absolute Gasteiger partial charge is 0.235 e. The van der Waals surface area contributed by atoms with Crippen molar-refractivity contribution in [1.82, 2.24) is 4.98 Å². The zero-order valence-electron chi connectivity index (χ0n) is 11.7. The van der Waals surface area contributed by atoms with Crippen molar-refractivity contribution in [2.24, 2.45) is 0 Å². The second-order valence-corrected chi connectivity index (χ2v) is 4.57. The van der Waals surface area contributed by atoms with Gasteiger partial charge in [-0.05, 0) is 31.9 Å². The number of nitrogens with zero attached hydrogens (tertiary/aromatic N) is 1. The van der Waals surface area contributed by atoms with Crippen LogP contribution in [0.5, 0.6) is 0 Å². The lowest BCUT2D eigenvalue weighted by Crippen LogP contribution is -2.24. The van der Waals surface area contributed by atoms with Gasteiger partial charge in [-0.25, -0.2) is 0 Å². The van der Waals surface area contributed by atoms with Crippen LogP contribution in [0.3, 0.4) is 0 Å². The van der Waals surface area contributed by atoms with Crippen LogP contribution >= 0.6 is 0 Å². The largest absolute Gasteiger partial charge is 0.371 e. The summed E-state index contributed by atoms with van der Waals surface area (Å²) < 4.78 is 5.45. The SMILES string of the molecule is CCO[C]1[CH][CH][CH][C]1C(=O)Nc1cccc2cccnc12. The molecule has 1 aromatic heterocycles. The van der Waals surface area contributed by atoms with Gasteiger partial charge in [-0.3, -0.25) is 9.78 Å². The summed E-state index contributed by atoms with van der Waals surface area (Å²) in [6, 6.07) is 9.54. The molecule has 4 heteroatoms. The van der Waals surface area contributed by atoms with E-state index in [0.717, 1.165) is 10.9 Å². The zero-order chi connectivity index (χ0) is 14.7. The minimum Gasteiger partial charge on any atom is -0.371 e. The van der Waals surface area contributed by atoms with Gasteiger partial charge >= 0.3 is 0 Å². The molecule has 0 atom stereocenters. The second-order valence-electron chi connectivity index (χ2n) is 4.57. The highest BCUT2D eigenvalue weighted by atomic mass is 16.5. The standard InChI is InChI=1S/C17H15N2O2/c1-2-21-15-10-4-8-13(15)17(20)19-14-9-3-6-12-7-5-11-18-16(12)14/h3-11H,2H2,1H3,(H,19,20). The zero-order valence-corrected chi connectivity index (χ0v) is 11.7. The van der Waals surface area contributed by atoms with Crippen molar-refractivity contribution in [3.63, 3.8) is 0 Å². The number of carbonyl (C=O) groups is 1. The van der Waals surface area contributed by atoms with Gasteiger partial charge in [0.15, 0.2) is 0 Å². The average Bonchev–Trinajstić information content (AvgIpc) is 2.96. The molecular formula is C17H15N2O2. The van der Waals surface area contributed by atoms with Crippen molar-refractivity contribution in [3.8, 4) is 0 Å². The topological polar surface area (TPSA) is 51.2 Å². The maximum atomic E-state index is 12.4. The summed E-state index contributed by atoms with van der Waals surface area (Å²) >= 11 is 0. The number of ether oxygens (including phenoxy) is 1. The molecule has 1 aromatic carbocycles. The van der Waals surface area contributed by atoms with Crippen molar-refractivity contribution < 1.29 is 9.53 Å². The van der Waals surface area contributed by atoms with Crippen LogP contribution in [0.2, 0.25) is 0 Å². The molecule has 1 amide bonds. The molecule has 1 aliphatic carbocycles. The molecule has 5 radical (unpaired) electrons. The predicted molar refractivity (Wildman–Crippen MR) is 81.4 cm³/mol. The Bertz CT molecular complexity index is 636. The number of aromatic nitrogens is 1. The van der Waals surface area contributed by atoms with E-state index in [0.29, 0.717) is 24.3 Å². The number of carbonyl (C=O) groups excluding carboxylic acids is 1. The van der Waals surface area contributed by atoms with Gasteiger partial charge < -0.3 is 10.1 Å². The van der Waals surface area contributed by atoms with Gasteiger partial charge in [0.2, 0.25) is 5.91 Å². The first kappa shape index (κ1) is 14.0. The molecule has 1 aliphatic rings. The molecule has 1 fully saturated rings. The van der Waals surface area contributed by atoms with Gasteiger partial charge in [0.25, 0.3) is 0 Å². The minimum absolute atomic E-state index is 0.193. The van der Waals surface area contributed by atoms with Gasteiger partial charge in [0.1, 0.15) is 12.0 Å². The Morgan fingerprint density at radius 1 is 1.24 bits per heavy atom. The summed E-state index contributed by atoms with van der Waals surface area (Å²) in [5.74, 6) is 0.339. The lowest BCUT2D eigenvalue weighted by atomic mass is 10.0. The molecule has 3 rings (SSSR count). The van der Waals surface area contributed by atoms with E-state index in [1.54, 1.807) is 25.5 Å². The maximum absolute atomic E-state index is 12.4. The molecule has 0 spiro atoms. The van der Waals surface area contributed by atoms with Crippen molar-refractivity contribution in [1.29, 1.82) is 0 Å². The molecule has 1 N–H and O–H groups in total. The highest BCUT2D eigenvalue weighted by Crippen LogP contribution is 2.35. The maximum Gasteiger partial charge on any atom is 0.235 e. The van der Waals surface area contributed by atoms with Crippen LogP contribution in [0.15, 0.2) is 36.5 Å². The molecule has 2 aromatic rings. The van der Waals surface area contributed by atoms with Crippen LogP contribution in [0.4, 0.5) is 5.69 Å². The number of pyridine rings is 1. The highest BCUT2D eigenvalue weighted by molar-refractivity contribution is 6.09. The summed E-state index contributed by atoms with van der Waals surface area (Å²) in [5, 5.41) is 3.89. The van der Waals surface area contributed by atoms with E-state index < -0.39 is 0 Å². The molecule has 0 bridgehead atoms. The number of fused-ring (bicyclic) bond motifs is 1. The van der Waals surface area contributed by atoms with Crippen molar-refractivity contribution in [2.75, 3.05) is 11.9 Å². The fourth-order valence-corrected chi connectivity index (χ4v) is 2.27. The van der Waals surface area contributed by atoms with Crippen molar-refractivity contribution in [3.05, 3.63) is 67.8 Å². The molecule has 1 heterocycles. The third-order valence-corrected chi connectivity index (χ3v) is 3.20. The number of amides is 1. The second kappa shape index (κ2) is 6.22. The molecule has 0 aliphatic heterocycles. The molecule has 21 heavy (non-hydrogen) atoms. The average molecular weight is 279 g/mol. The third kappa shape index (κ3) is 2.90. The number of hydrogen-bond donors (Lipinski definition) is 1. The first-order chi connectivity index (χ1) is 10.3. The molecular weight excluding hydrogens is 264 g/mol. The normalized spacial score (nSPS) is 16.4. The van der Waals surface area contributed by atoms with Gasteiger partial charge in [-0.2, -0.15) is 0 Å². The number of para-hydroxylation sites is 1. The molecule has 0 saturated heterocycles. The lowest BCUT2D eigenvalue weighted by Gasteiger charge is -2.17. The van der Waals surface area contributed by atoms with E-state index in [1.807, 2.05) is 37.3 Å². The summed E-state index contributed by atoms with van der Waals surface area (Å²) in [4.78, 5) is 16.7. The van der Waals surface area contributed by atoms with Crippen LogP contribution < -0.4 is 5.32 Å². The van der Waals surface area contributed by atoms with Crippen LogP contribution in [0, 0.1) is 31.3 Å². The van der Waals surface area contributed by atoms with Gasteiger partial charge in [-0.15, -0.1) is 0 Å². The molecule has 0 unspecified atom stereocenters. The Kier molecular flexibility index (Phi) is 4.15. The predicted octanol–water partition coefficient (Wildman–Crippen LogP) is 2.94. The van der Waals surface area contributed by atoms with E-state index in [-0.39, 0.29) is 5.91 Å². The molecule has 4 nitrogen and oxygen atoms in total. The number of benzene rings is 1. The number of anilines is 1. The first-order valence-electron chi connectivity index (χ1n) is 6.83. The summed E-state index contributed by atoms with van der Waals surface area (Å²) in [5.41, 5.74) is 1.47. The van der Waals surface area contributed by atoms with E-state index in [9.17, 15) is 4.79 Å². The Morgan fingerprint density at radius 2 is 2.10 bits per heavy atom. The van der Waals surface area contributed by atoms with E-state index in [4.69, 9.17) is 4.74 Å². The van der Waals surface area contributed by atoms with Crippen LogP contribution in [-0.4, -0.2) is 17.5 Å². The van der Waals surface area contributed by atoms with Crippen LogP contribution in [0.25, 0.3) is 10.9 Å². The summed E-state index contributed by atoms with van der Waals surface area (Å²) in [6.07, 6.45) is 7.66. The fraction of sp³-hybridized carbons (Fsp3) is 0.118. The van der Waals surface area contributed by atoms with E-state index in [2.05, 4.69) is 10.3 Å². The van der Waals surface area contributed by atoms with Gasteiger partial charge in [-0.1, -0.05) is 18.2 Å².